The number of amides is 1. The van der Waals surface area contributed by atoms with Gasteiger partial charge in [-0.15, -0.1) is 11.3 Å². The number of nitrogens with one attached hydrogen (secondary N) is 1. The van der Waals surface area contributed by atoms with Gasteiger partial charge in [0.25, 0.3) is 0 Å². The van der Waals surface area contributed by atoms with Crippen molar-refractivity contribution in [2.45, 2.75) is 38.6 Å². The molecule has 0 aliphatic heterocycles. The van der Waals surface area contributed by atoms with E-state index in [0.717, 1.165) is 30.7 Å². The summed E-state index contributed by atoms with van der Waals surface area (Å²) >= 11 is 1.53. The molecule has 2 heterocycles. The van der Waals surface area contributed by atoms with Crippen LogP contribution in [0.2, 0.25) is 0 Å². The lowest BCUT2D eigenvalue weighted by atomic mass is 9.97. The van der Waals surface area contributed by atoms with E-state index in [1.807, 2.05) is 19.1 Å². The third-order valence-electron chi connectivity index (χ3n) is 3.45. The van der Waals surface area contributed by atoms with Crippen molar-refractivity contribution in [1.82, 2.24) is 10.3 Å². The predicted molar refractivity (Wildman–Crippen MR) is 77.6 cm³/mol. The highest BCUT2D eigenvalue weighted by Gasteiger charge is 2.23. The molecule has 5 nitrogen and oxygen atoms in total. The average Bonchev–Trinajstić information content (AvgIpc) is 2.93. The summed E-state index contributed by atoms with van der Waals surface area (Å²) < 4.78 is 5.42. The molecule has 1 aliphatic carbocycles. The Kier molecular flexibility index (Phi) is 3.48. The van der Waals surface area contributed by atoms with Gasteiger partial charge in [0.2, 0.25) is 5.91 Å². The standard InChI is InChI=1S/C14H17N3O2S/c1-8-2-4-10(19-8)7-13(18)16-9-3-5-11-12(6-9)20-14(15)17-11/h2,4,9H,3,5-7H2,1H3,(H2,15,17)(H,16,18)/t9-/m0/s1. The van der Waals surface area contributed by atoms with Crippen LogP contribution in [0.25, 0.3) is 0 Å². The van der Waals surface area contributed by atoms with Crippen LogP contribution in [0.1, 0.15) is 28.5 Å². The molecule has 3 N–H and O–H groups in total. The quantitative estimate of drug-likeness (QED) is 0.904. The van der Waals surface area contributed by atoms with Crippen molar-refractivity contribution in [3.63, 3.8) is 0 Å². The van der Waals surface area contributed by atoms with E-state index in [0.29, 0.717) is 17.3 Å². The summed E-state index contributed by atoms with van der Waals surface area (Å²) in [7, 11) is 0. The third kappa shape index (κ3) is 2.85. The first kappa shape index (κ1) is 13.2. The van der Waals surface area contributed by atoms with Crippen LogP contribution in [0.5, 0.6) is 0 Å². The van der Waals surface area contributed by atoms with Gasteiger partial charge in [-0.25, -0.2) is 4.98 Å². The van der Waals surface area contributed by atoms with Crippen LogP contribution in [-0.4, -0.2) is 16.9 Å². The van der Waals surface area contributed by atoms with E-state index in [9.17, 15) is 4.79 Å². The van der Waals surface area contributed by atoms with Crippen molar-refractivity contribution in [3.05, 3.63) is 34.2 Å². The molecule has 0 fully saturated rings. The Balaban J connectivity index is 1.57. The first-order valence-corrected chi connectivity index (χ1v) is 7.50. The summed E-state index contributed by atoms with van der Waals surface area (Å²) in [5.74, 6) is 1.54. The van der Waals surface area contributed by atoms with Crippen LogP contribution in [-0.2, 0) is 24.1 Å². The number of aryl methyl sites for hydroxylation is 2. The lowest BCUT2D eigenvalue weighted by Crippen LogP contribution is -2.39. The van der Waals surface area contributed by atoms with Gasteiger partial charge in [-0.05, 0) is 31.9 Å². The molecule has 6 heteroatoms. The van der Waals surface area contributed by atoms with E-state index in [2.05, 4.69) is 10.3 Å². The zero-order chi connectivity index (χ0) is 14.1. The Labute approximate surface area is 121 Å². The van der Waals surface area contributed by atoms with Crippen LogP contribution >= 0.6 is 11.3 Å². The van der Waals surface area contributed by atoms with Crippen LogP contribution in [0, 0.1) is 6.92 Å². The molecule has 0 saturated heterocycles. The fourth-order valence-corrected chi connectivity index (χ4v) is 3.49. The molecule has 1 atom stereocenters. The summed E-state index contributed by atoms with van der Waals surface area (Å²) in [6.45, 7) is 1.87. The summed E-state index contributed by atoms with van der Waals surface area (Å²) in [6, 6.07) is 3.89. The summed E-state index contributed by atoms with van der Waals surface area (Å²) in [6.07, 6.45) is 2.92. The third-order valence-corrected chi connectivity index (χ3v) is 4.40. The van der Waals surface area contributed by atoms with Crippen LogP contribution in [0.4, 0.5) is 5.13 Å². The molecule has 2 aromatic rings. The minimum atomic E-state index is 0.00490. The van der Waals surface area contributed by atoms with Gasteiger partial charge in [0, 0.05) is 17.3 Å². The van der Waals surface area contributed by atoms with Gasteiger partial charge in [-0.2, -0.15) is 0 Å². The molecule has 20 heavy (non-hydrogen) atoms. The number of rotatable bonds is 3. The van der Waals surface area contributed by atoms with Gasteiger partial charge in [-0.3, -0.25) is 4.79 Å². The van der Waals surface area contributed by atoms with Gasteiger partial charge in [-0.1, -0.05) is 0 Å². The number of nitrogens with two attached hydrogens (primary N) is 1. The lowest BCUT2D eigenvalue weighted by molar-refractivity contribution is -0.121. The van der Waals surface area contributed by atoms with Gasteiger partial charge in [0.15, 0.2) is 5.13 Å². The maximum absolute atomic E-state index is 12.0. The van der Waals surface area contributed by atoms with Gasteiger partial charge < -0.3 is 15.5 Å². The fraction of sp³-hybridized carbons (Fsp3) is 0.429. The topological polar surface area (TPSA) is 81.2 Å². The molecule has 3 rings (SSSR count). The smallest absolute Gasteiger partial charge is 0.227 e. The fourth-order valence-electron chi connectivity index (χ4n) is 2.54. The molecule has 0 unspecified atom stereocenters. The van der Waals surface area contributed by atoms with Crippen LogP contribution < -0.4 is 11.1 Å². The monoisotopic (exact) mass is 291 g/mol. The number of carbonyl (C=O) groups excluding carboxylic acids is 1. The Hall–Kier alpha value is -1.82. The summed E-state index contributed by atoms with van der Waals surface area (Å²) in [5.41, 5.74) is 6.81. The molecule has 1 amide bonds. The molecular weight excluding hydrogens is 274 g/mol. The van der Waals surface area contributed by atoms with E-state index >= 15 is 0 Å². The highest BCUT2D eigenvalue weighted by atomic mass is 32.1. The molecule has 1 aliphatic rings. The Morgan fingerprint density at radius 3 is 3.20 bits per heavy atom. The minimum Gasteiger partial charge on any atom is -0.466 e. The number of hydrogen-bond donors (Lipinski definition) is 2. The van der Waals surface area contributed by atoms with Crippen molar-refractivity contribution >= 4 is 22.4 Å². The number of furan rings is 1. The molecule has 2 aromatic heterocycles. The first-order chi connectivity index (χ1) is 9.60. The molecule has 106 valence electrons. The molecule has 0 spiro atoms. The molecule has 0 bridgehead atoms. The molecular formula is C14H17N3O2S. The molecule has 0 radical (unpaired) electrons. The van der Waals surface area contributed by atoms with Gasteiger partial charge in [0.05, 0.1) is 12.1 Å². The van der Waals surface area contributed by atoms with E-state index in [4.69, 9.17) is 10.2 Å². The first-order valence-electron chi connectivity index (χ1n) is 6.69. The molecule has 0 saturated carbocycles. The van der Waals surface area contributed by atoms with Crippen LogP contribution in [0.3, 0.4) is 0 Å². The Bertz CT molecular complexity index is 632. The largest absolute Gasteiger partial charge is 0.466 e. The van der Waals surface area contributed by atoms with Crippen molar-refractivity contribution in [3.8, 4) is 0 Å². The lowest BCUT2D eigenvalue weighted by Gasteiger charge is -2.22. The normalized spacial score (nSPS) is 17.8. The van der Waals surface area contributed by atoms with Crippen molar-refractivity contribution < 1.29 is 9.21 Å². The highest BCUT2D eigenvalue weighted by molar-refractivity contribution is 7.15. The number of anilines is 1. The average molecular weight is 291 g/mol. The van der Waals surface area contributed by atoms with E-state index < -0.39 is 0 Å². The van der Waals surface area contributed by atoms with E-state index in [-0.39, 0.29) is 11.9 Å². The van der Waals surface area contributed by atoms with Gasteiger partial charge >= 0.3 is 0 Å². The van der Waals surface area contributed by atoms with E-state index in [1.165, 1.54) is 16.2 Å². The summed E-state index contributed by atoms with van der Waals surface area (Å²) in [4.78, 5) is 17.5. The number of nitrogens with zero attached hydrogens (tertiary/aromatic N) is 1. The number of carbonyl (C=O) groups is 1. The van der Waals surface area contributed by atoms with Crippen molar-refractivity contribution in [2.24, 2.45) is 0 Å². The van der Waals surface area contributed by atoms with E-state index in [1.54, 1.807) is 0 Å². The second kappa shape index (κ2) is 5.28. The number of thiazole rings is 1. The van der Waals surface area contributed by atoms with Gasteiger partial charge in [0.1, 0.15) is 11.5 Å². The number of hydrogen-bond acceptors (Lipinski definition) is 5. The Morgan fingerprint density at radius 2 is 2.45 bits per heavy atom. The molecule has 0 aromatic carbocycles. The maximum atomic E-state index is 12.0. The summed E-state index contributed by atoms with van der Waals surface area (Å²) in [5, 5.41) is 3.68. The maximum Gasteiger partial charge on any atom is 0.227 e. The number of fused-ring (bicyclic) bond motifs is 1. The predicted octanol–water partition coefficient (Wildman–Crippen LogP) is 1.84. The van der Waals surface area contributed by atoms with Crippen LogP contribution in [0.15, 0.2) is 16.5 Å². The number of nitrogen functional groups attached to an aromatic ring is 1. The second-order valence-corrected chi connectivity index (χ2v) is 6.23. The minimum absolute atomic E-state index is 0.00490. The number of aromatic nitrogens is 1. The second-order valence-electron chi connectivity index (χ2n) is 5.12. The van der Waals surface area contributed by atoms with Crippen molar-refractivity contribution in [2.75, 3.05) is 5.73 Å². The zero-order valence-electron chi connectivity index (χ0n) is 11.3. The highest BCUT2D eigenvalue weighted by Crippen LogP contribution is 2.28. The zero-order valence-corrected chi connectivity index (χ0v) is 12.1. The van der Waals surface area contributed by atoms with Crippen molar-refractivity contribution in [1.29, 1.82) is 0 Å². The Morgan fingerprint density at radius 1 is 1.60 bits per heavy atom. The SMILES string of the molecule is Cc1ccc(CC(=O)N[C@H]2CCc3nc(N)sc3C2)o1.